The van der Waals surface area contributed by atoms with Crippen LogP contribution in [0.25, 0.3) is 10.1 Å². The van der Waals surface area contributed by atoms with Gasteiger partial charge in [-0.25, -0.2) is 0 Å². The highest BCUT2D eigenvalue weighted by atomic mass is 32.1. The van der Waals surface area contributed by atoms with Crippen molar-refractivity contribution in [3.05, 3.63) is 29.6 Å². The molecule has 2 aromatic rings. The van der Waals surface area contributed by atoms with E-state index in [1.165, 1.54) is 41.5 Å². The maximum atomic E-state index is 3.71. The van der Waals surface area contributed by atoms with Gasteiger partial charge in [0.25, 0.3) is 0 Å². The minimum atomic E-state index is 0.646. The quantitative estimate of drug-likeness (QED) is 0.903. The van der Waals surface area contributed by atoms with E-state index in [1.807, 2.05) is 11.3 Å². The Kier molecular flexibility index (Phi) is 3.76. The van der Waals surface area contributed by atoms with Crippen LogP contribution in [0.1, 0.15) is 25.7 Å². The summed E-state index contributed by atoms with van der Waals surface area (Å²) < 4.78 is 1.38. The molecule has 0 bridgehead atoms. The molecule has 0 radical (unpaired) electrons. The molecule has 1 aliphatic rings. The highest BCUT2D eigenvalue weighted by Gasteiger charge is 2.22. The van der Waals surface area contributed by atoms with E-state index in [0.717, 1.165) is 6.04 Å². The van der Waals surface area contributed by atoms with Crippen molar-refractivity contribution in [2.24, 2.45) is 0 Å². The number of hydrogen-bond donors (Lipinski definition) is 1. The molecule has 0 amide bonds. The Balaban J connectivity index is 1.62. The van der Waals surface area contributed by atoms with Crippen LogP contribution in [0.2, 0.25) is 0 Å². The number of nitrogens with one attached hydrogen (secondary N) is 1. The SMILES string of the molecule is CN(C)C1CCC(Nc2ccc3sccc3c2)CC1. The van der Waals surface area contributed by atoms with E-state index in [0.29, 0.717) is 6.04 Å². The lowest BCUT2D eigenvalue weighted by atomic mass is 9.90. The molecule has 19 heavy (non-hydrogen) atoms. The molecule has 0 saturated heterocycles. The predicted molar refractivity (Wildman–Crippen MR) is 85.2 cm³/mol. The van der Waals surface area contributed by atoms with Crippen LogP contribution >= 0.6 is 11.3 Å². The molecule has 2 nitrogen and oxygen atoms in total. The predicted octanol–water partition coefficient (Wildman–Crippen LogP) is 4.19. The van der Waals surface area contributed by atoms with Crippen molar-refractivity contribution in [1.29, 1.82) is 0 Å². The summed E-state index contributed by atoms with van der Waals surface area (Å²) in [5.41, 5.74) is 1.28. The summed E-state index contributed by atoms with van der Waals surface area (Å²) in [4.78, 5) is 2.37. The summed E-state index contributed by atoms with van der Waals surface area (Å²) in [7, 11) is 4.39. The van der Waals surface area contributed by atoms with Crippen LogP contribution in [0, 0.1) is 0 Å². The van der Waals surface area contributed by atoms with Crippen molar-refractivity contribution in [2.45, 2.75) is 37.8 Å². The molecular formula is C16H22N2S. The van der Waals surface area contributed by atoms with E-state index in [2.05, 4.69) is 54.0 Å². The van der Waals surface area contributed by atoms with E-state index in [-0.39, 0.29) is 0 Å². The van der Waals surface area contributed by atoms with Gasteiger partial charge in [0.15, 0.2) is 0 Å². The van der Waals surface area contributed by atoms with Gasteiger partial charge >= 0.3 is 0 Å². The lowest BCUT2D eigenvalue weighted by Crippen LogP contribution is -2.36. The van der Waals surface area contributed by atoms with Crippen LogP contribution in [0.3, 0.4) is 0 Å². The maximum absolute atomic E-state index is 3.71. The molecule has 1 aliphatic carbocycles. The highest BCUT2D eigenvalue weighted by Crippen LogP contribution is 2.27. The molecule has 3 heteroatoms. The fourth-order valence-corrected chi connectivity index (χ4v) is 3.80. The molecule has 0 aliphatic heterocycles. The molecule has 3 rings (SSSR count). The van der Waals surface area contributed by atoms with Gasteiger partial charge in [-0.2, -0.15) is 0 Å². The van der Waals surface area contributed by atoms with Crippen molar-refractivity contribution in [3.63, 3.8) is 0 Å². The fourth-order valence-electron chi connectivity index (χ4n) is 3.03. The first kappa shape index (κ1) is 12.9. The minimum absolute atomic E-state index is 0.646. The van der Waals surface area contributed by atoms with Gasteiger partial charge in [-0.3, -0.25) is 0 Å². The summed E-state index contributed by atoms with van der Waals surface area (Å²) in [5.74, 6) is 0. The first-order chi connectivity index (χ1) is 9.22. The number of rotatable bonds is 3. The minimum Gasteiger partial charge on any atom is -0.382 e. The average molecular weight is 274 g/mol. The Labute approximate surface area is 119 Å². The van der Waals surface area contributed by atoms with E-state index in [9.17, 15) is 0 Å². The molecule has 1 aromatic carbocycles. The molecule has 1 fully saturated rings. The molecule has 102 valence electrons. The zero-order valence-electron chi connectivity index (χ0n) is 11.7. The molecule has 1 heterocycles. The summed E-state index contributed by atoms with van der Waals surface area (Å²) in [6.07, 6.45) is 5.19. The molecule has 0 spiro atoms. The zero-order chi connectivity index (χ0) is 13.2. The van der Waals surface area contributed by atoms with Gasteiger partial charge in [0.2, 0.25) is 0 Å². The van der Waals surface area contributed by atoms with Crippen molar-refractivity contribution in [1.82, 2.24) is 4.90 Å². The van der Waals surface area contributed by atoms with Crippen LogP contribution in [-0.2, 0) is 0 Å². The number of thiophene rings is 1. The Bertz CT molecular complexity index is 538. The molecule has 1 N–H and O–H groups in total. The first-order valence-electron chi connectivity index (χ1n) is 7.12. The fraction of sp³-hybridized carbons (Fsp3) is 0.500. The van der Waals surface area contributed by atoms with Crippen molar-refractivity contribution in [2.75, 3.05) is 19.4 Å². The average Bonchev–Trinajstić information content (AvgIpc) is 2.87. The standard InChI is InChI=1S/C16H22N2S/c1-18(2)15-6-3-13(4-7-15)17-14-5-8-16-12(11-14)9-10-19-16/h5,8-11,13,15,17H,3-4,6-7H2,1-2H3. The Morgan fingerprint density at radius 3 is 2.63 bits per heavy atom. The Morgan fingerprint density at radius 2 is 1.89 bits per heavy atom. The lowest BCUT2D eigenvalue weighted by molar-refractivity contribution is 0.221. The molecule has 0 unspecified atom stereocenters. The normalized spacial score (nSPS) is 23.9. The Hall–Kier alpha value is -1.06. The van der Waals surface area contributed by atoms with Gasteiger partial charge in [-0.15, -0.1) is 11.3 Å². The topological polar surface area (TPSA) is 15.3 Å². The number of nitrogens with zero attached hydrogens (tertiary/aromatic N) is 1. The van der Waals surface area contributed by atoms with Crippen LogP contribution in [0.15, 0.2) is 29.6 Å². The number of anilines is 1. The monoisotopic (exact) mass is 274 g/mol. The van der Waals surface area contributed by atoms with Crippen LogP contribution < -0.4 is 5.32 Å². The van der Waals surface area contributed by atoms with Crippen LogP contribution in [0.4, 0.5) is 5.69 Å². The van der Waals surface area contributed by atoms with E-state index < -0.39 is 0 Å². The van der Waals surface area contributed by atoms with E-state index >= 15 is 0 Å². The molecule has 1 aromatic heterocycles. The third-order valence-corrected chi connectivity index (χ3v) is 5.15. The van der Waals surface area contributed by atoms with Crippen molar-refractivity contribution in [3.8, 4) is 0 Å². The smallest absolute Gasteiger partial charge is 0.0349 e. The van der Waals surface area contributed by atoms with Gasteiger partial charge in [0.1, 0.15) is 0 Å². The number of benzene rings is 1. The third kappa shape index (κ3) is 2.93. The van der Waals surface area contributed by atoms with Crippen molar-refractivity contribution >= 4 is 27.1 Å². The summed E-state index contributed by atoms with van der Waals surface area (Å²) in [6.45, 7) is 0. The van der Waals surface area contributed by atoms with Crippen molar-refractivity contribution < 1.29 is 0 Å². The molecule has 1 saturated carbocycles. The van der Waals surface area contributed by atoms with E-state index in [1.54, 1.807) is 0 Å². The number of fused-ring (bicyclic) bond motifs is 1. The summed E-state index contributed by atoms with van der Waals surface area (Å²) >= 11 is 1.81. The third-order valence-electron chi connectivity index (χ3n) is 4.25. The summed E-state index contributed by atoms with van der Waals surface area (Å²) in [6, 6.07) is 10.4. The summed E-state index contributed by atoms with van der Waals surface area (Å²) in [5, 5.41) is 7.23. The van der Waals surface area contributed by atoms with Crippen LogP contribution in [-0.4, -0.2) is 31.1 Å². The maximum Gasteiger partial charge on any atom is 0.0349 e. The van der Waals surface area contributed by atoms with Gasteiger partial charge < -0.3 is 10.2 Å². The second-order valence-electron chi connectivity index (χ2n) is 5.79. The second-order valence-corrected chi connectivity index (χ2v) is 6.73. The highest BCUT2D eigenvalue weighted by molar-refractivity contribution is 7.17. The van der Waals surface area contributed by atoms with Gasteiger partial charge in [0.05, 0.1) is 0 Å². The van der Waals surface area contributed by atoms with Gasteiger partial charge in [0, 0.05) is 22.5 Å². The molecule has 0 atom stereocenters. The zero-order valence-corrected chi connectivity index (χ0v) is 12.5. The van der Waals surface area contributed by atoms with Gasteiger partial charge in [-0.1, -0.05) is 0 Å². The lowest BCUT2D eigenvalue weighted by Gasteiger charge is -2.33. The van der Waals surface area contributed by atoms with Gasteiger partial charge in [-0.05, 0) is 74.8 Å². The van der Waals surface area contributed by atoms with Crippen LogP contribution in [0.5, 0.6) is 0 Å². The second kappa shape index (κ2) is 5.51. The Morgan fingerprint density at radius 1 is 1.11 bits per heavy atom. The van der Waals surface area contributed by atoms with E-state index in [4.69, 9.17) is 0 Å². The number of hydrogen-bond acceptors (Lipinski definition) is 3. The molecular weight excluding hydrogens is 252 g/mol. The first-order valence-corrected chi connectivity index (χ1v) is 8.00. The largest absolute Gasteiger partial charge is 0.382 e.